The summed E-state index contributed by atoms with van der Waals surface area (Å²) in [5.41, 5.74) is 5.77. The van der Waals surface area contributed by atoms with E-state index < -0.39 is 6.23 Å². The van der Waals surface area contributed by atoms with Gasteiger partial charge in [0.2, 0.25) is 0 Å². The van der Waals surface area contributed by atoms with Crippen LogP contribution in [0.25, 0.3) is 0 Å². The molecule has 0 bridgehead atoms. The number of nitrogens with two attached hydrogens (primary N) is 1. The number of hydrogen-bond acceptors (Lipinski definition) is 4. The normalized spacial score (nSPS) is 20.8. The first kappa shape index (κ1) is 9.45. The minimum Gasteiger partial charge on any atom is -0.384 e. The SMILES string of the molecule is C=CCOC1N=C(N)C=CC1=C=O. The largest absolute Gasteiger partial charge is 0.384 e. The van der Waals surface area contributed by atoms with Crippen LogP contribution in [0.3, 0.4) is 0 Å². The van der Waals surface area contributed by atoms with E-state index in [1.54, 1.807) is 18.1 Å². The first-order valence-corrected chi connectivity index (χ1v) is 3.76. The summed E-state index contributed by atoms with van der Waals surface area (Å²) in [6.45, 7) is 3.80. The number of dihydropyridines is 1. The van der Waals surface area contributed by atoms with Crippen molar-refractivity contribution in [1.29, 1.82) is 0 Å². The summed E-state index contributed by atoms with van der Waals surface area (Å²) in [5, 5.41) is 0. The molecule has 1 aliphatic heterocycles. The van der Waals surface area contributed by atoms with Gasteiger partial charge in [-0.15, -0.1) is 6.58 Å². The van der Waals surface area contributed by atoms with E-state index >= 15 is 0 Å². The number of amidine groups is 1. The van der Waals surface area contributed by atoms with E-state index in [1.165, 1.54) is 6.08 Å². The molecular formula is C9H10N2O2. The maximum Gasteiger partial charge on any atom is 0.187 e. The molecule has 0 aromatic heterocycles. The number of hydrogen-bond donors (Lipinski definition) is 1. The van der Waals surface area contributed by atoms with Crippen LogP contribution in [-0.4, -0.2) is 24.6 Å². The molecule has 68 valence electrons. The van der Waals surface area contributed by atoms with Crippen molar-refractivity contribution in [3.05, 3.63) is 30.4 Å². The molecule has 0 aromatic rings. The van der Waals surface area contributed by atoms with Crippen molar-refractivity contribution in [2.45, 2.75) is 6.23 Å². The molecule has 0 aromatic carbocycles. The van der Waals surface area contributed by atoms with Gasteiger partial charge in [0, 0.05) is 0 Å². The molecule has 0 aliphatic carbocycles. The third-order valence-corrected chi connectivity index (χ3v) is 1.46. The van der Waals surface area contributed by atoms with Crippen LogP contribution in [0, 0.1) is 0 Å². The molecule has 1 unspecified atom stereocenters. The highest BCUT2D eigenvalue weighted by Gasteiger charge is 2.15. The van der Waals surface area contributed by atoms with Crippen LogP contribution in [0.15, 0.2) is 35.4 Å². The molecule has 2 N–H and O–H groups in total. The molecule has 0 fully saturated rings. The van der Waals surface area contributed by atoms with Crippen molar-refractivity contribution in [3.8, 4) is 0 Å². The number of nitrogens with zero attached hydrogens (tertiary/aromatic N) is 1. The lowest BCUT2D eigenvalue weighted by molar-refractivity contribution is 0.110. The van der Waals surface area contributed by atoms with E-state index in [9.17, 15) is 4.79 Å². The van der Waals surface area contributed by atoms with E-state index in [4.69, 9.17) is 10.5 Å². The average Bonchev–Trinajstić information content (AvgIpc) is 2.15. The monoisotopic (exact) mass is 178 g/mol. The van der Waals surface area contributed by atoms with E-state index in [2.05, 4.69) is 11.6 Å². The minimum atomic E-state index is -0.638. The molecule has 0 spiro atoms. The quantitative estimate of drug-likeness (QED) is 0.496. The van der Waals surface area contributed by atoms with Crippen molar-refractivity contribution in [3.63, 3.8) is 0 Å². The predicted octanol–water partition coefficient (Wildman–Crippen LogP) is 0.200. The van der Waals surface area contributed by atoms with Crippen LogP contribution in [0.1, 0.15) is 0 Å². The summed E-state index contributed by atoms with van der Waals surface area (Å²) < 4.78 is 5.17. The van der Waals surface area contributed by atoms with Gasteiger partial charge in [0.05, 0.1) is 12.2 Å². The highest BCUT2D eigenvalue weighted by molar-refractivity contribution is 5.94. The second-order valence-corrected chi connectivity index (χ2v) is 2.42. The zero-order valence-corrected chi connectivity index (χ0v) is 7.06. The van der Waals surface area contributed by atoms with Gasteiger partial charge in [-0.2, -0.15) is 0 Å². The molecule has 0 radical (unpaired) electrons. The molecule has 4 nitrogen and oxygen atoms in total. The smallest absolute Gasteiger partial charge is 0.187 e. The van der Waals surface area contributed by atoms with Crippen molar-refractivity contribution >= 4 is 11.8 Å². The number of ether oxygens (including phenoxy) is 1. The Morgan fingerprint density at radius 3 is 3.15 bits per heavy atom. The van der Waals surface area contributed by atoms with Gasteiger partial charge < -0.3 is 10.5 Å². The second kappa shape index (κ2) is 4.40. The zero-order chi connectivity index (χ0) is 9.68. The fraction of sp³-hybridized carbons (Fsp3) is 0.222. The zero-order valence-electron chi connectivity index (χ0n) is 7.06. The van der Waals surface area contributed by atoms with Gasteiger partial charge in [-0.1, -0.05) is 6.08 Å². The number of rotatable bonds is 3. The van der Waals surface area contributed by atoms with Gasteiger partial charge in [0.25, 0.3) is 0 Å². The fourth-order valence-electron chi connectivity index (χ4n) is 0.876. The van der Waals surface area contributed by atoms with Crippen molar-refractivity contribution in [2.75, 3.05) is 6.61 Å². The minimum absolute atomic E-state index is 0.320. The third kappa shape index (κ3) is 2.40. The Morgan fingerprint density at radius 1 is 1.77 bits per heavy atom. The summed E-state index contributed by atoms with van der Waals surface area (Å²) in [6, 6.07) is 0. The summed E-state index contributed by atoms with van der Waals surface area (Å²) in [5.74, 6) is 2.08. The molecule has 4 heteroatoms. The maximum atomic E-state index is 10.4. The first-order chi connectivity index (χ1) is 6.27. The second-order valence-electron chi connectivity index (χ2n) is 2.42. The molecule has 1 rings (SSSR count). The van der Waals surface area contributed by atoms with E-state index in [0.29, 0.717) is 18.0 Å². The van der Waals surface area contributed by atoms with E-state index in [0.717, 1.165) is 0 Å². The van der Waals surface area contributed by atoms with E-state index in [1.807, 2.05) is 0 Å². The van der Waals surface area contributed by atoms with Crippen LogP contribution in [0.5, 0.6) is 0 Å². The molecule has 13 heavy (non-hydrogen) atoms. The molecule has 0 saturated carbocycles. The highest BCUT2D eigenvalue weighted by Crippen LogP contribution is 2.11. The van der Waals surface area contributed by atoms with Gasteiger partial charge >= 0.3 is 0 Å². The highest BCUT2D eigenvalue weighted by atomic mass is 16.5. The van der Waals surface area contributed by atoms with E-state index in [-0.39, 0.29) is 0 Å². The summed E-state index contributed by atoms with van der Waals surface area (Å²) in [6.07, 6.45) is 4.02. The predicted molar refractivity (Wildman–Crippen MR) is 49.9 cm³/mol. The lowest BCUT2D eigenvalue weighted by Gasteiger charge is -2.14. The summed E-state index contributed by atoms with van der Waals surface area (Å²) >= 11 is 0. The van der Waals surface area contributed by atoms with Gasteiger partial charge in [-0.25, -0.2) is 9.79 Å². The van der Waals surface area contributed by atoms with Gasteiger partial charge in [0.15, 0.2) is 6.23 Å². The van der Waals surface area contributed by atoms with Gasteiger partial charge in [-0.3, -0.25) is 0 Å². The Bertz CT molecular complexity index is 312. The van der Waals surface area contributed by atoms with Crippen LogP contribution >= 0.6 is 0 Å². The Balaban J connectivity index is 2.74. The Hall–Kier alpha value is -1.64. The van der Waals surface area contributed by atoms with Crippen molar-refractivity contribution in [2.24, 2.45) is 10.7 Å². The number of carbonyl (C=O) groups excluding carboxylic acids is 1. The molecule has 0 saturated heterocycles. The molecule has 1 atom stereocenters. The first-order valence-electron chi connectivity index (χ1n) is 3.76. The third-order valence-electron chi connectivity index (χ3n) is 1.46. The summed E-state index contributed by atoms with van der Waals surface area (Å²) in [4.78, 5) is 14.3. The maximum absolute atomic E-state index is 10.4. The van der Waals surface area contributed by atoms with Crippen LogP contribution in [0.2, 0.25) is 0 Å². The molecule has 1 heterocycles. The molecular weight excluding hydrogens is 168 g/mol. The molecule has 1 aliphatic rings. The van der Waals surface area contributed by atoms with Gasteiger partial charge in [-0.05, 0) is 12.2 Å². The standard InChI is InChI=1S/C9H10N2O2/c1-2-5-13-9-7(6-12)3-4-8(10)11-9/h2-4,9H,1,5H2,(H2,10,11). The van der Waals surface area contributed by atoms with Crippen molar-refractivity contribution in [1.82, 2.24) is 0 Å². The Kier molecular flexibility index (Phi) is 3.20. The van der Waals surface area contributed by atoms with Crippen LogP contribution < -0.4 is 5.73 Å². The van der Waals surface area contributed by atoms with Crippen molar-refractivity contribution < 1.29 is 9.53 Å². The number of aliphatic imine (C=N–C) groups is 1. The lowest BCUT2D eigenvalue weighted by atomic mass is 10.2. The van der Waals surface area contributed by atoms with Gasteiger partial charge in [0.1, 0.15) is 11.8 Å². The fourth-order valence-corrected chi connectivity index (χ4v) is 0.876. The Morgan fingerprint density at radius 2 is 2.54 bits per heavy atom. The summed E-state index contributed by atoms with van der Waals surface area (Å²) in [7, 11) is 0. The molecule has 0 amide bonds. The lowest BCUT2D eigenvalue weighted by Crippen LogP contribution is -2.22. The van der Waals surface area contributed by atoms with Crippen LogP contribution in [0.4, 0.5) is 0 Å². The average molecular weight is 178 g/mol. The topological polar surface area (TPSA) is 64.7 Å². The Labute approximate surface area is 76.1 Å². The van der Waals surface area contributed by atoms with Crippen LogP contribution in [-0.2, 0) is 9.53 Å².